The lowest BCUT2D eigenvalue weighted by Crippen LogP contribution is -2.45. The number of hydrogen-bond acceptors (Lipinski definition) is 4. The summed E-state index contributed by atoms with van der Waals surface area (Å²) in [6.07, 6.45) is 6.11. The number of nitrogens with one attached hydrogen (secondary N) is 1. The predicted octanol–water partition coefficient (Wildman–Crippen LogP) is 1.24. The summed E-state index contributed by atoms with van der Waals surface area (Å²) in [4.78, 5) is 12.1. The zero-order valence-corrected chi connectivity index (χ0v) is 13.0. The Bertz CT molecular complexity index is 311. The van der Waals surface area contributed by atoms with Gasteiger partial charge in [0.1, 0.15) is 6.10 Å². The van der Waals surface area contributed by atoms with E-state index in [4.69, 9.17) is 15.2 Å². The van der Waals surface area contributed by atoms with E-state index in [2.05, 4.69) is 5.32 Å². The molecule has 0 aromatic carbocycles. The number of amides is 1. The van der Waals surface area contributed by atoms with Gasteiger partial charge in [-0.2, -0.15) is 0 Å². The average Bonchev–Trinajstić information content (AvgIpc) is 2.85. The monoisotopic (exact) mass is 306 g/mol. The third kappa shape index (κ3) is 4.32. The minimum atomic E-state index is -0.298. The van der Waals surface area contributed by atoms with Gasteiger partial charge in [-0.3, -0.25) is 4.79 Å². The van der Waals surface area contributed by atoms with Crippen LogP contribution in [0.3, 0.4) is 0 Å². The highest BCUT2D eigenvalue weighted by molar-refractivity contribution is 5.85. The van der Waals surface area contributed by atoms with Gasteiger partial charge in [-0.1, -0.05) is 6.42 Å². The Morgan fingerprint density at radius 1 is 1.45 bits per heavy atom. The Labute approximate surface area is 127 Å². The average molecular weight is 307 g/mol. The fraction of sp³-hybridized carbons (Fsp3) is 0.929. The van der Waals surface area contributed by atoms with Crippen molar-refractivity contribution in [2.75, 3.05) is 26.8 Å². The lowest BCUT2D eigenvalue weighted by molar-refractivity contribution is -0.132. The smallest absolute Gasteiger partial charge is 0.249 e. The van der Waals surface area contributed by atoms with Crippen LogP contribution in [-0.4, -0.2) is 44.9 Å². The highest BCUT2D eigenvalue weighted by Crippen LogP contribution is 2.43. The molecule has 6 heteroatoms. The number of nitrogens with two attached hydrogens (primary N) is 1. The number of hydrogen-bond donors (Lipinski definition) is 2. The summed E-state index contributed by atoms with van der Waals surface area (Å²) in [6, 6.07) is 0. The molecule has 1 heterocycles. The SMILES string of the molecule is COCCC1(CNC(=O)[C@@H]2CC[C@H](CN)O2)CCC1.Cl. The van der Waals surface area contributed by atoms with E-state index in [9.17, 15) is 4.79 Å². The standard InChI is InChI=1S/C14H26N2O3.ClH/c1-18-8-7-14(5-2-6-14)10-16-13(17)12-4-3-11(9-15)19-12;/h11-12H,2-10,15H2,1H3,(H,16,17);1H/t11-,12+;/m1./s1. The van der Waals surface area contributed by atoms with Gasteiger partial charge in [-0.15, -0.1) is 12.4 Å². The van der Waals surface area contributed by atoms with Crippen molar-refractivity contribution in [1.82, 2.24) is 5.32 Å². The molecule has 1 aliphatic heterocycles. The van der Waals surface area contributed by atoms with E-state index >= 15 is 0 Å². The van der Waals surface area contributed by atoms with Crippen molar-refractivity contribution in [3.05, 3.63) is 0 Å². The normalized spacial score (nSPS) is 27.5. The Hall–Kier alpha value is -0.360. The molecule has 20 heavy (non-hydrogen) atoms. The Morgan fingerprint density at radius 3 is 2.70 bits per heavy atom. The molecule has 0 spiro atoms. The van der Waals surface area contributed by atoms with Crippen LogP contribution in [0.25, 0.3) is 0 Å². The van der Waals surface area contributed by atoms with Crippen LogP contribution >= 0.6 is 12.4 Å². The summed E-state index contributed by atoms with van der Waals surface area (Å²) in [5.41, 5.74) is 5.82. The molecule has 0 aromatic heterocycles. The molecule has 2 atom stereocenters. The quantitative estimate of drug-likeness (QED) is 0.742. The molecule has 5 nitrogen and oxygen atoms in total. The zero-order chi connectivity index (χ0) is 13.7. The van der Waals surface area contributed by atoms with Crippen LogP contribution in [0, 0.1) is 5.41 Å². The molecule has 0 radical (unpaired) electrons. The van der Waals surface area contributed by atoms with Crippen molar-refractivity contribution in [3.8, 4) is 0 Å². The maximum atomic E-state index is 12.1. The topological polar surface area (TPSA) is 73.6 Å². The zero-order valence-electron chi connectivity index (χ0n) is 12.2. The Kier molecular flexibility index (Phi) is 7.23. The first-order chi connectivity index (χ1) is 9.19. The number of halogens is 1. The first-order valence-electron chi connectivity index (χ1n) is 7.31. The fourth-order valence-electron chi connectivity index (χ4n) is 2.97. The fourth-order valence-corrected chi connectivity index (χ4v) is 2.97. The lowest BCUT2D eigenvalue weighted by Gasteiger charge is -2.42. The van der Waals surface area contributed by atoms with Gasteiger partial charge in [0.25, 0.3) is 0 Å². The predicted molar refractivity (Wildman–Crippen MR) is 80.0 cm³/mol. The highest BCUT2D eigenvalue weighted by atomic mass is 35.5. The molecular formula is C14H27ClN2O3. The molecule has 0 unspecified atom stereocenters. The minimum absolute atomic E-state index is 0. The first kappa shape index (κ1) is 17.7. The van der Waals surface area contributed by atoms with E-state index < -0.39 is 0 Å². The second-order valence-electron chi connectivity index (χ2n) is 5.87. The molecule has 1 amide bonds. The van der Waals surface area contributed by atoms with E-state index in [1.54, 1.807) is 7.11 Å². The van der Waals surface area contributed by atoms with Crippen molar-refractivity contribution in [2.24, 2.45) is 11.1 Å². The summed E-state index contributed by atoms with van der Waals surface area (Å²) in [5.74, 6) is 0.0274. The van der Waals surface area contributed by atoms with Crippen LogP contribution in [-0.2, 0) is 14.3 Å². The van der Waals surface area contributed by atoms with E-state index in [0.29, 0.717) is 6.54 Å². The molecule has 2 aliphatic rings. The van der Waals surface area contributed by atoms with E-state index in [1.165, 1.54) is 19.3 Å². The Balaban J connectivity index is 0.00000200. The van der Waals surface area contributed by atoms with Crippen LogP contribution in [0.1, 0.15) is 38.5 Å². The number of rotatable bonds is 7. The van der Waals surface area contributed by atoms with Crippen molar-refractivity contribution in [3.63, 3.8) is 0 Å². The van der Waals surface area contributed by atoms with Crippen molar-refractivity contribution < 1.29 is 14.3 Å². The second-order valence-corrected chi connectivity index (χ2v) is 5.87. The number of carbonyl (C=O) groups excluding carboxylic acids is 1. The molecule has 118 valence electrons. The van der Waals surface area contributed by atoms with E-state index in [0.717, 1.165) is 32.4 Å². The summed E-state index contributed by atoms with van der Waals surface area (Å²) < 4.78 is 10.8. The molecule has 1 saturated carbocycles. The lowest BCUT2D eigenvalue weighted by atomic mass is 9.66. The molecule has 2 fully saturated rings. The molecule has 2 rings (SSSR count). The second kappa shape index (κ2) is 8.17. The van der Waals surface area contributed by atoms with Gasteiger partial charge in [-0.25, -0.2) is 0 Å². The van der Waals surface area contributed by atoms with Crippen molar-refractivity contribution >= 4 is 18.3 Å². The van der Waals surface area contributed by atoms with Gasteiger partial charge in [0.05, 0.1) is 6.10 Å². The molecule has 0 bridgehead atoms. The van der Waals surface area contributed by atoms with Crippen LogP contribution in [0.4, 0.5) is 0 Å². The van der Waals surface area contributed by atoms with Gasteiger partial charge >= 0.3 is 0 Å². The largest absolute Gasteiger partial charge is 0.385 e. The minimum Gasteiger partial charge on any atom is -0.385 e. The summed E-state index contributed by atoms with van der Waals surface area (Å²) in [7, 11) is 1.73. The highest BCUT2D eigenvalue weighted by Gasteiger charge is 2.38. The maximum Gasteiger partial charge on any atom is 0.249 e. The molecule has 1 saturated heterocycles. The van der Waals surface area contributed by atoms with E-state index in [1.807, 2.05) is 0 Å². The van der Waals surface area contributed by atoms with Crippen molar-refractivity contribution in [1.29, 1.82) is 0 Å². The van der Waals surface area contributed by atoms with Crippen LogP contribution in [0.15, 0.2) is 0 Å². The van der Waals surface area contributed by atoms with Gasteiger partial charge in [0.15, 0.2) is 0 Å². The van der Waals surface area contributed by atoms with Crippen molar-refractivity contribution in [2.45, 2.75) is 50.7 Å². The van der Waals surface area contributed by atoms with Crippen LogP contribution in [0.2, 0.25) is 0 Å². The molecule has 3 N–H and O–H groups in total. The van der Waals surface area contributed by atoms with Gasteiger partial charge in [0.2, 0.25) is 5.91 Å². The number of carbonyl (C=O) groups is 1. The Morgan fingerprint density at radius 2 is 2.20 bits per heavy atom. The maximum absolute atomic E-state index is 12.1. The number of methoxy groups -OCH3 is 1. The third-order valence-corrected chi connectivity index (χ3v) is 4.55. The third-order valence-electron chi connectivity index (χ3n) is 4.55. The summed E-state index contributed by atoms with van der Waals surface area (Å²) >= 11 is 0. The van der Waals surface area contributed by atoms with Gasteiger partial charge in [0, 0.05) is 26.8 Å². The summed E-state index contributed by atoms with van der Waals surface area (Å²) in [6.45, 7) is 2.02. The van der Waals surface area contributed by atoms with Crippen LogP contribution < -0.4 is 11.1 Å². The van der Waals surface area contributed by atoms with Crippen LogP contribution in [0.5, 0.6) is 0 Å². The molecule has 1 aliphatic carbocycles. The summed E-state index contributed by atoms with van der Waals surface area (Å²) in [5, 5.41) is 3.06. The first-order valence-corrected chi connectivity index (χ1v) is 7.31. The van der Waals surface area contributed by atoms with Gasteiger partial charge in [-0.05, 0) is 37.5 Å². The van der Waals surface area contributed by atoms with E-state index in [-0.39, 0.29) is 35.9 Å². The van der Waals surface area contributed by atoms with Gasteiger partial charge < -0.3 is 20.5 Å². The molecular weight excluding hydrogens is 280 g/mol. The molecule has 0 aromatic rings. The number of ether oxygens (including phenoxy) is 2.